The number of aryl methyl sites for hydroxylation is 2. The summed E-state index contributed by atoms with van der Waals surface area (Å²) in [5.74, 6) is 0.607. The number of carbonyl (C=O) groups is 1. The Morgan fingerprint density at radius 1 is 1.08 bits per heavy atom. The zero-order chi connectivity index (χ0) is 17.6. The van der Waals surface area contributed by atoms with Gasteiger partial charge in [-0.3, -0.25) is 4.79 Å². The molecule has 1 N–H and O–H groups in total. The maximum atomic E-state index is 12.4. The van der Waals surface area contributed by atoms with Gasteiger partial charge in [-0.05, 0) is 42.5 Å². The number of amides is 1. The third kappa shape index (κ3) is 4.48. The molecule has 0 saturated carbocycles. The second-order valence-corrected chi connectivity index (χ2v) is 6.96. The fourth-order valence-corrected chi connectivity index (χ4v) is 3.53. The lowest BCUT2D eigenvalue weighted by molar-refractivity contribution is -0.123. The fraction of sp³-hybridized carbons (Fsp3) is 0.190. The first-order chi connectivity index (χ1) is 12.1. The number of ether oxygens (including phenoxy) is 1. The molecule has 128 valence electrons. The summed E-state index contributed by atoms with van der Waals surface area (Å²) in [4.78, 5) is 13.5. The van der Waals surface area contributed by atoms with Gasteiger partial charge < -0.3 is 10.1 Å². The van der Waals surface area contributed by atoms with Crippen LogP contribution in [-0.2, 0) is 4.79 Å². The lowest BCUT2D eigenvalue weighted by atomic mass is 10.1. The van der Waals surface area contributed by atoms with Crippen molar-refractivity contribution in [2.45, 2.75) is 19.9 Å². The van der Waals surface area contributed by atoms with Crippen molar-refractivity contribution in [2.75, 3.05) is 6.61 Å². The molecule has 1 aromatic heterocycles. The first-order valence-electron chi connectivity index (χ1n) is 8.21. The van der Waals surface area contributed by atoms with Crippen LogP contribution in [0.25, 0.3) is 0 Å². The van der Waals surface area contributed by atoms with E-state index in [0.717, 1.165) is 21.8 Å². The molecule has 0 unspecified atom stereocenters. The van der Waals surface area contributed by atoms with Gasteiger partial charge in [0, 0.05) is 4.88 Å². The van der Waals surface area contributed by atoms with E-state index in [4.69, 9.17) is 4.74 Å². The summed E-state index contributed by atoms with van der Waals surface area (Å²) < 4.78 is 5.70. The average molecular weight is 351 g/mol. The highest BCUT2D eigenvalue weighted by atomic mass is 32.1. The molecule has 1 heterocycles. The molecule has 1 amide bonds. The number of nitrogens with one attached hydrogen (secondary N) is 1. The number of hydrogen-bond acceptors (Lipinski definition) is 3. The van der Waals surface area contributed by atoms with Crippen LogP contribution in [0.4, 0.5) is 0 Å². The van der Waals surface area contributed by atoms with Crippen LogP contribution in [0.3, 0.4) is 0 Å². The van der Waals surface area contributed by atoms with Gasteiger partial charge in [0.2, 0.25) is 0 Å². The molecule has 1 atom stereocenters. The van der Waals surface area contributed by atoms with Crippen molar-refractivity contribution >= 4 is 17.2 Å². The van der Waals surface area contributed by atoms with E-state index >= 15 is 0 Å². The van der Waals surface area contributed by atoms with Crippen LogP contribution in [0, 0.1) is 13.8 Å². The Labute approximate surface area is 152 Å². The Kier molecular flexibility index (Phi) is 5.51. The van der Waals surface area contributed by atoms with Crippen molar-refractivity contribution < 1.29 is 9.53 Å². The van der Waals surface area contributed by atoms with E-state index in [0.29, 0.717) is 0 Å². The minimum atomic E-state index is -0.156. The molecule has 0 aliphatic rings. The Morgan fingerprint density at radius 3 is 2.56 bits per heavy atom. The summed E-state index contributed by atoms with van der Waals surface area (Å²) in [6.45, 7) is 4.02. The van der Waals surface area contributed by atoms with Crippen molar-refractivity contribution in [1.82, 2.24) is 5.32 Å². The Balaban J connectivity index is 1.68. The van der Waals surface area contributed by atoms with Crippen LogP contribution in [0.15, 0.2) is 66.0 Å². The van der Waals surface area contributed by atoms with Gasteiger partial charge >= 0.3 is 0 Å². The molecular weight excluding hydrogens is 330 g/mol. The predicted octanol–water partition coefficient (Wildman–Crippen LogP) is 4.65. The summed E-state index contributed by atoms with van der Waals surface area (Å²) in [6.07, 6.45) is 0. The van der Waals surface area contributed by atoms with Crippen molar-refractivity contribution in [3.05, 3.63) is 87.6 Å². The molecule has 0 bridgehead atoms. The van der Waals surface area contributed by atoms with Gasteiger partial charge in [-0.2, -0.15) is 0 Å². The third-order valence-corrected chi connectivity index (χ3v) is 4.89. The largest absolute Gasteiger partial charge is 0.484 e. The minimum Gasteiger partial charge on any atom is -0.484 e. The molecule has 0 saturated heterocycles. The van der Waals surface area contributed by atoms with Gasteiger partial charge in [0.25, 0.3) is 5.91 Å². The summed E-state index contributed by atoms with van der Waals surface area (Å²) in [5.41, 5.74) is 3.27. The summed E-state index contributed by atoms with van der Waals surface area (Å²) in [5, 5.41) is 5.10. The smallest absolute Gasteiger partial charge is 0.258 e. The van der Waals surface area contributed by atoms with Crippen LogP contribution in [0.5, 0.6) is 5.75 Å². The van der Waals surface area contributed by atoms with E-state index in [1.165, 1.54) is 5.56 Å². The Hall–Kier alpha value is -2.59. The van der Waals surface area contributed by atoms with E-state index in [1.54, 1.807) is 11.3 Å². The van der Waals surface area contributed by atoms with Crippen LogP contribution < -0.4 is 10.1 Å². The molecule has 0 fully saturated rings. The fourth-order valence-electron chi connectivity index (χ4n) is 2.73. The molecule has 0 radical (unpaired) electrons. The van der Waals surface area contributed by atoms with E-state index in [2.05, 4.69) is 5.32 Å². The lowest BCUT2D eigenvalue weighted by Gasteiger charge is -2.18. The molecule has 0 aliphatic carbocycles. The maximum Gasteiger partial charge on any atom is 0.258 e. The molecule has 4 heteroatoms. The lowest BCUT2D eigenvalue weighted by Crippen LogP contribution is -2.33. The van der Waals surface area contributed by atoms with E-state index in [-0.39, 0.29) is 18.6 Å². The van der Waals surface area contributed by atoms with Crippen LogP contribution in [-0.4, -0.2) is 12.5 Å². The summed E-state index contributed by atoms with van der Waals surface area (Å²) in [6, 6.07) is 19.8. The molecule has 0 aliphatic heterocycles. The van der Waals surface area contributed by atoms with Crippen molar-refractivity contribution in [2.24, 2.45) is 0 Å². The topological polar surface area (TPSA) is 38.3 Å². The average Bonchev–Trinajstić information content (AvgIpc) is 3.14. The highest BCUT2D eigenvalue weighted by Crippen LogP contribution is 2.26. The van der Waals surface area contributed by atoms with Crippen molar-refractivity contribution in [3.63, 3.8) is 0 Å². The Bertz CT molecular complexity index is 828. The normalized spacial score (nSPS) is 11.8. The zero-order valence-corrected chi connectivity index (χ0v) is 15.2. The number of rotatable bonds is 6. The number of carbonyl (C=O) groups excluding carboxylic acids is 1. The quantitative estimate of drug-likeness (QED) is 0.702. The third-order valence-electron chi connectivity index (χ3n) is 3.96. The Morgan fingerprint density at radius 2 is 1.88 bits per heavy atom. The number of hydrogen-bond donors (Lipinski definition) is 1. The van der Waals surface area contributed by atoms with Crippen LogP contribution in [0.2, 0.25) is 0 Å². The molecule has 2 aromatic carbocycles. The van der Waals surface area contributed by atoms with Gasteiger partial charge in [-0.25, -0.2) is 0 Å². The van der Waals surface area contributed by atoms with Gasteiger partial charge in [0.1, 0.15) is 5.75 Å². The van der Waals surface area contributed by atoms with E-state index in [9.17, 15) is 4.79 Å². The van der Waals surface area contributed by atoms with Gasteiger partial charge in [-0.1, -0.05) is 54.1 Å². The highest BCUT2D eigenvalue weighted by Gasteiger charge is 2.18. The molecule has 3 rings (SSSR count). The highest BCUT2D eigenvalue weighted by molar-refractivity contribution is 7.10. The van der Waals surface area contributed by atoms with E-state index in [1.807, 2.05) is 79.9 Å². The molecule has 25 heavy (non-hydrogen) atoms. The predicted molar refractivity (Wildman–Crippen MR) is 102 cm³/mol. The standard InChI is InChI=1S/C21H21NO2S/c1-15-10-11-18(16(2)13-15)24-14-20(23)22-21(19-9-6-12-25-19)17-7-4-3-5-8-17/h3-13,21H,14H2,1-2H3,(H,22,23)/t21-/m1/s1. The zero-order valence-electron chi connectivity index (χ0n) is 14.4. The monoisotopic (exact) mass is 351 g/mol. The van der Waals surface area contributed by atoms with Gasteiger partial charge in [0.15, 0.2) is 6.61 Å². The van der Waals surface area contributed by atoms with E-state index < -0.39 is 0 Å². The molecular formula is C21H21NO2S. The van der Waals surface area contributed by atoms with Gasteiger partial charge in [-0.15, -0.1) is 11.3 Å². The van der Waals surface area contributed by atoms with Crippen molar-refractivity contribution in [1.29, 1.82) is 0 Å². The van der Waals surface area contributed by atoms with Gasteiger partial charge in [0.05, 0.1) is 6.04 Å². The number of benzene rings is 2. The molecule has 3 nitrogen and oxygen atoms in total. The second kappa shape index (κ2) is 7.99. The first kappa shape index (κ1) is 17.2. The number of thiophene rings is 1. The first-order valence-corrected chi connectivity index (χ1v) is 9.09. The maximum absolute atomic E-state index is 12.4. The summed E-state index contributed by atoms with van der Waals surface area (Å²) >= 11 is 1.63. The molecule has 3 aromatic rings. The van der Waals surface area contributed by atoms with Crippen molar-refractivity contribution in [3.8, 4) is 5.75 Å². The molecule has 0 spiro atoms. The van der Waals surface area contributed by atoms with Crippen LogP contribution >= 0.6 is 11.3 Å². The minimum absolute atomic E-state index is 0.00138. The van der Waals surface area contributed by atoms with Crippen LogP contribution in [0.1, 0.15) is 27.6 Å². The SMILES string of the molecule is Cc1ccc(OCC(=O)N[C@H](c2ccccc2)c2cccs2)c(C)c1. The summed E-state index contributed by atoms with van der Waals surface area (Å²) in [7, 11) is 0. The second-order valence-electron chi connectivity index (χ2n) is 5.98.